The molecular weight excluding hydrogens is 453 g/mol. The third kappa shape index (κ3) is 5.32. The number of aliphatic imine (C=N–C) groups is 1. The lowest BCUT2D eigenvalue weighted by molar-refractivity contribution is 0.189. The van der Waals surface area contributed by atoms with Gasteiger partial charge >= 0.3 is 0 Å². The number of sulfone groups is 1. The maximum absolute atomic E-state index is 11.9. The molecule has 0 bridgehead atoms. The van der Waals surface area contributed by atoms with E-state index in [4.69, 9.17) is 0 Å². The van der Waals surface area contributed by atoms with E-state index in [1.165, 1.54) is 6.26 Å². The predicted octanol–water partition coefficient (Wildman–Crippen LogP) is 1.78. The smallest absolute Gasteiger partial charge is 0.193 e. The molecule has 25 heavy (non-hydrogen) atoms. The number of imidazole rings is 1. The zero-order valence-electron chi connectivity index (χ0n) is 15.6. The highest BCUT2D eigenvalue weighted by Gasteiger charge is 2.32. The monoisotopic (exact) mass is 483 g/mol. The molecule has 2 atom stereocenters. The highest BCUT2D eigenvalue weighted by molar-refractivity contribution is 14.0. The van der Waals surface area contributed by atoms with Gasteiger partial charge in [-0.05, 0) is 26.2 Å². The highest BCUT2D eigenvalue weighted by Crippen LogP contribution is 2.27. The molecule has 2 heterocycles. The Hall–Kier alpha value is -0.840. The molecule has 1 N–H and O–H groups in total. The van der Waals surface area contributed by atoms with E-state index in [0.717, 1.165) is 25.5 Å². The molecule has 1 aromatic heterocycles. The fourth-order valence-corrected chi connectivity index (χ4v) is 3.18. The predicted molar refractivity (Wildman–Crippen MR) is 112 cm³/mol. The molecule has 0 saturated carbocycles. The first kappa shape index (κ1) is 22.2. The minimum Gasteiger partial charge on any atom is -0.355 e. The van der Waals surface area contributed by atoms with Gasteiger partial charge in [0.1, 0.15) is 0 Å². The fourth-order valence-electron chi connectivity index (χ4n) is 2.85. The second-order valence-electron chi connectivity index (χ2n) is 7.22. The topological polar surface area (TPSA) is 79.6 Å². The molecule has 1 fully saturated rings. The summed E-state index contributed by atoms with van der Waals surface area (Å²) in [5.74, 6) is 1.31. The van der Waals surface area contributed by atoms with Gasteiger partial charge in [-0.1, -0.05) is 6.92 Å². The molecule has 2 rings (SSSR count). The van der Waals surface area contributed by atoms with E-state index in [1.54, 1.807) is 27.1 Å². The maximum atomic E-state index is 11.9. The quantitative estimate of drug-likeness (QED) is 0.402. The van der Waals surface area contributed by atoms with Crippen LogP contribution >= 0.6 is 24.0 Å². The lowest BCUT2D eigenvalue weighted by Gasteiger charge is -2.39. The molecule has 7 nitrogen and oxygen atoms in total. The van der Waals surface area contributed by atoms with E-state index in [1.807, 2.05) is 12.5 Å². The fraction of sp³-hybridized carbons (Fsp3) is 0.750. The van der Waals surface area contributed by atoms with Crippen LogP contribution in [0.15, 0.2) is 23.7 Å². The van der Waals surface area contributed by atoms with Crippen molar-refractivity contribution in [1.82, 2.24) is 19.8 Å². The second kappa shape index (κ2) is 8.70. The first-order valence-corrected chi connectivity index (χ1v) is 10.2. The van der Waals surface area contributed by atoms with Crippen molar-refractivity contribution in [3.63, 3.8) is 0 Å². The van der Waals surface area contributed by atoms with Crippen LogP contribution in [-0.4, -0.2) is 66.5 Å². The number of nitrogens with zero attached hydrogens (tertiary/aromatic N) is 4. The minimum atomic E-state index is -3.14. The van der Waals surface area contributed by atoms with Crippen LogP contribution in [0.1, 0.15) is 33.2 Å². The zero-order chi connectivity index (χ0) is 18.0. The number of rotatable bonds is 4. The number of halogens is 1. The average Bonchev–Trinajstić information content (AvgIpc) is 3.02. The number of likely N-dealkylation sites (tertiary alicyclic amines) is 1. The van der Waals surface area contributed by atoms with Gasteiger partial charge in [0.2, 0.25) is 0 Å². The number of nitrogens with one attached hydrogen (secondary N) is 1. The summed E-state index contributed by atoms with van der Waals surface area (Å²) in [5.41, 5.74) is 0. The molecule has 0 spiro atoms. The van der Waals surface area contributed by atoms with E-state index in [2.05, 4.69) is 31.7 Å². The summed E-state index contributed by atoms with van der Waals surface area (Å²) in [6, 6.07) is 0.336. The van der Waals surface area contributed by atoms with Crippen LogP contribution < -0.4 is 5.32 Å². The molecule has 0 radical (unpaired) electrons. The Bertz CT molecular complexity index is 673. The normalized spacial score (nSPS) is 22.4. The van der Waals surface area contributed by atoms with E-state index < -0.39 is 14.6 Å². The first-order chi connectivity index (χ1) is 11.2. The lowest BCUT2D eigenvalue weighted by Crippen LogP contribution is -2.52. The standard InChI is InChI=1S/C16H29N5O2S.HI/c1-13-6-8-20(10-14(13)21-9-7-18-12-21)15(17-4)19-11-16(2,3)24(5,22)23;/h7,9,12-14H,6,8,10-11H2,1-5H3,(H,17,19);1H. The number of aromatic nitrogens is 2. The van der Waals surface area contributed by atoms with Gasteiger partial charge in [-0.15, -0.1) is 24.0 Å². The number of hydrogen-bond acceptors (Lipinski definition) is 4. The molecule has 0 aromatic carbocycles. The van der Waals surface area contributed by atoms with Crippen molar-refractivity contribution >= 4 is 39.8 Å². The molecule has 0 amide bonds. The molecule has 1 aromatic rings. The summed E-state index contributed by atoms with van der Waals surface area (Å²) in [4.78, 5) is 10.7. The Balaban J connectivity index is 0.00000312. The lowest BCUT2D eigenvalue weighted by atomic mass is 9.93. The van der Waals surface area contributed by atoms with Gasteiger partial charge in [0.25, 0.3) is 0 Å². The number of guanidine groups is 1. The van der Waals surface area contributed by atoms with Crippen molar-refractivity contribution in [2.45, 2.75) is 38.0 Å². The number of piperidine rings is 1. The summed E-state index contributed by atoms with van der Waals surface area (Å²) in [6.45, 7) is 7.79. The van der Waals surface area contributed by atoms with Crippen molar-refractivity contribution in [3.05, 3.63) is 18.7 Å². The molecule has 144 valence electrons. The van der Waals surface area contributed by atoms with Crippen molar-refractivity contribution in [3.8, 4) is 0 Å². The van der Waals surface area contributed by atoms with Crippen LogP contribution in [0.4, 0.5) is 0 Å². The molecule has 9 heteroatoms. The Labute approximate surface area is 168 Å². The van der Waals surface area contributed by atoms with Crippen LogP contribution in [0.2, 0.25) is 0 Å². The summed E-state index contributed by atoms with van der Waals surface area (Å²) in [6.07, 6.45) is 7.97. The third-order valence-corrected chi connectivity index (χ3v) is 7.17. The van der Waals surface area contributed by atoms with Gasteiger partial charge in [0, 0.05) is 45.3 Å². The summed E-state index contributed by atoms with van der Waals surface area (Å²) in [5, 5.41) is 3.24. The van der Waals surface area contributed by atoms with Crippen LogP contribution in [0.3, 0.4) is 0 Å². The Morgan fingerprint density at radius 3 is 2.64 bits per heavy atom. The zero-order valence-corrected chi connectivity index (χ0v) is 18.8. The molecule has 0 aliphatic carbocycles. The maximum Gasteiger partial charge on any atom is 0.193 e. The van der Waals surface area contributed by atoms with E-state index in [9.17, 15) is 8.42 Å². The molecule has 1 saturated heterocycles. The van der Waals surface area contributed by atoms with Gasteiger partial charge in [0.05, 0.1) is 17.1 Å². The van der Waals surface area contributed by atoms with Crippen LogP contribution in [0, 0.1) is 5.92 Å². The van der Waals surface area contributed by atoms with E-state index in [0.29, 0.717) is 18.5 Å². The summed E-state index contributed by atoms with van der Waals surface area (Å²) < 4.78 is 25.1. The van der Waals surface area contributed by atoms with Crippen LogP contribution in [0.5, 0.6) is 0 Å². The summed E-state index contributed by atoms with van der Waals surface area (Å²) in [7, 11) is -1.40. The molecule has 2 unspecified atom stereocenters. The van der Waals surface area contributed by atoms with Gasteiger partial charge in [-0.3, -0.25) is 4.99 Å². The van der Waals surface area contributed by atoms with Crippen molar-refractivity contribution in [2.75, 3.05) is 32.9 Å². The molecule has 1 aliphatic heterocycles. The van der Waals surface area contributed by atoms with Gasteiger partial charge in [-0.25, -0.2) is 13.4 Å². The Morgan fingerprint density at radius 2 is 2.12 bits per heavy atom. The Morgan fingerprint density at radius 1 is 1.44 bits per heavy atom. The minimum absolute atomic E-state index is 0. The van der Waals surface area contributed by atoms with Crippen LogP contribution in [-0.2, 0) is 9.84 Å². The molecule has 1 aliphatic rings. The van der Waals surface area contributed by atoms with E-state index in [-0.39, 0.29) is 24.0 Å². The van der Waals surface area contributed by atoms with Gasteiger partial charge < -0.3 is 14.8 Å². The SMILES string of the molecule is CN=C(NCC(C)(C)S(C)(=O)=O)N1CCC(C)C(n2ccnc2)C1.I. The summed E-state index contributed by atoms with van der Waals surface area (Å²) >= 11 is 0. The number of hydrogen-bond donors (Lipinski definition) is 1. The first-order valence-electron chi connectivity index (χ1n) is 8.28. The van der Waals surface area contributed by atoms with Crippen molar-refractivity contribution in [2.24, 2.45) is 10.9 Å². The van der Waals surface area contributed by atoms with Crippen molar-refractivity contribution in [1.29, 1.82) is 0 Å². The van der Waals surface area contributed by atoms with Crippen LogP contribution in [0.25, 0.3) is 0 Å². The molecular formula is C16H30IN5O2S. The van der Waals surface area contributed by atoms with E-state index >= 15 is 0 Å². The Kier molecular flexibility index (Phi) is 7.72. The van der Waals surface area contributed by atoms with Crippen molar-refractivity contribution < 1.29 is 8.42 Å². The largest absolute Gasteiger partial charge is 0.355 e. The van der Waals surface area contributed by atoms with Gasteiger partial charge in [0.15, 0.2) is 15.8 Å². The third-order valence-electron chi connectivity index (χ3n) is 5.01. The second-order valence-corrected chi connectivity index (χ2v) is 9.87. The van der Waals surface area contributed by atoms with Gasteiger partial charge in [-0.2, -0.15) is 0 Å². The average molecular weight is 483 g/mol. The highest BCUT2D eigenvalue weighted by atomic mass is 127.